The first kappa shape index (κ1) is 21.0. The van der Waals surface area contributed by atoms with Crippen molar-refractivity contribution in [3.05, 3.63) is 65.2 Å². The quantitative estimate of drug-likeness (QED) is 0.675. The van der Waals surface area contributed by atoms with Crippen LogP contribution in [0, 0.1) is 11.3 Å². The molecule has 29 heavy (non-hydrogen) atoms. The lowest BCUT2D eigenvalue weighted by molar-refractivity contribution is 0.0526. The van der Waals surface area contributed by atoms with Gasteiger partial charge in [0.25, 0.3) is 0 Å². The molecule has 2 aromatic carbocycles. The molecule has 0 saturated carbocycles. The number of sulfonamides is 1. The van der Waals surface area contributed by atoms with E-state index >= 15 is 0 Å². The van der Waals surface area contributed by atoms with Gasteiger partial charge in [0.2, 0.25) is 10.0 Å². The van der Waals surface area contributed by atoms with Gasteiger partial charge < -0.3 is 4.74 Å². The summed E-state index contributed by atoms with van der Waals surface area (Å²) in [5.41, 5.74) is 1.91. The lowest BCUT2D eigenvalue weighted by Crippen LogP contribution is -2.48. The van der Waals surface area contributed by atoms with E-state index in [1.54, 1.807) is 13.0 Å². The molecule has 1 saturated heterocycles. The Hall–Kier alpha value is -2.73. The van der Waals surface area contributed by atoms with E-state index < -0.39 is 16.0 Å². The second kappa shape index (κ2) is 9.18. The molecule has 2 aromatic rings. The molecule has 1 aliphatic heterocycles. The molecule has 0 aromatic heterocycles. The zero-order valence-corrected chi connectivity index (χ0v) is 17.1. The van der Waals surface area contributed by atoms with Gasteiger partial charge in [-0.15, -0.1) is 0 Å². The molecule has 7 nitrogen and oxygen atoms in total. The monoisotopic (exact) mass is 413 g/mol. The van der Waals surface area contributed by atoms with E-state index in [0.717, 1.165) is 5.56 Å². The topological polar surface area (TPSA) is 90.7 Å². The Morgan fingerprint density at radius 1 is 1.07 bits per heavy atom. The molecule has 8 heteroatoms. The van der Waals surface area contributed by atoms with Crippen LogP contribution in [0.3, 0.4) is 0 Å². The van der Waals surface area contributed by atoms with E-state index in [2.05, 4.69) is 11.0 Å². The van der Waals surface area contributed by atoms with Gasteiger partial charge in [0.15, 0.2) is 0 Å². The lowest BCUT2D eigenvalue weighted by Gasteiger charge is -2.34. The van der Waals surface area contributed by atoms with E-state index in [9.17, 15) is 18.5 Å². The number of carbonyl (C=O) groups excluding carboxylic acids is 1. The zero-order chi connectivity index (χ0) is 20.9. The standard InChI is InChI=1S/C21H23N3O4S/c1-2-28-21(25)17-7-9-20(10-8-17)29(26,27)24-13-11-23(12-14-24)16-19-6-4-3-5-18(19)15-22/h3-10H,2,11-14,16H2,1H3. The van der Waals surface area contributed by atoms with Gasteiger partial charge in [0, 0.05) is 32.7 Å². The maximum Gasteiger partial charge on any atom is 0.338 e. The van der Waals surface area contributed by atoms with Crippen molar-refractivity contribution in [2.45, 2.75) is 18.4 Å². The summed E-state index contributed by atoms with van der Waals surface area (Å²) in [4.78, 5) is 14.0. The van der Waals surface area contributed by atoms with Crippen molar-refractivity contribution in [2.24, 2.45) is 0 Å². The first-order valence-electron chi connectivity index (χ1n) is 9.43. The fourth-order valence-electron chi connectivity index (χ4n) is 3.26. The van der Waals surface area contributed by atoms with Crippen molar-refractivity contribution in [2.75, 3.05) is 32.8 Å². The summed E-state index contributed by atoms with van der Waals surface area (Å²) in [7, 11) is -3.62. The van der Waals surface area contributed by atoms with E-state index in [1.807, 2.05) is 18.2 Å². The fraction of sp³-hybridized carbons (Fsp3) is 0.333. The van der Waals surface area contributed by atoms with Crippen molar-refractivity contribution >= 4 is 16.0 Å². The number of nitrogens with zero attached hydrogens (tertiary/aromatic N) is 3. The molecule has 0 amide bonds. The Bertz CT molecular complexity index is 1000. The lowest BCUT2D eigenvalue weighted by atomic mass is 10.1. The number of rotatable bonds is 6. The third-order valence-electron chi connectivity index (χ3n) is 4.87. The third kappa shape index (κ3) is 4.82. The second-order valence-corrected chi connectivity index (χ2v) is 8.63. The Morgan fingerprint density at radius 2 is 1.72 bits per heavy atom. The highest BCUT2D eigenvalue weighted by molar-refractivity contribution is 7.89. The van der Waals surface area contributed by atoms with Gasteiger partial charge in [0.1, 0.15) is 0 Å². The predicted octanol–water partition coefficient (Wildman–Crippen LogP) is 2.24. The summed E-state index contributed by atoms with van der Waals surface area (Å²) in [5.74, 6) is -0.470. The minimum Gasteiger partial charge on any atom is -0.462 e. The zero-order valence-electron chi connectivity index (χ0n) is 16.2. The normalized spacial score (nSPS) is 15.6. The molecule has 0 unspecified atom stereocenters. The largest absolute Gasteiger partial charge is 0.462 e. The van der Waals surface area contributed by atoms with Crippen molar-refractivity contribution in [1.82, 2.24) is 9.21 Å². The molecule has 1 heterocycles. The van der Waals surface area contributed by atoms with Crippen LogP contribution in [0.25, 0.3) is 0 Å². The fourth-order valence-corrected chi connectivity index (χ4v) is 4.68. The van der Waals surface area contributed by atoms with Gasteiger partial charge in [-0.3, -0.25) is 4.90 Å². The van der Waals surface area contributed by atoms with E-state index in [-0.39, 0.29) is 11.5 Å². The van der Waals surface area contributed by atoms with Crippen LogP contribution in [-0.2, 0) is 21.3 Å². The smallest absolute Gasteiger partial charge is 0.338 e. The van der Waals surface area contributed by atoms with Gasteiger partial charge >= 0.3 is 5.97 Å². The molecule has 0 spiro atoms. The van der Waals surface area contributed by atoms with Crippen LogP contribution in [-0.4, -0.2) is 56.4 Å². The van der Waals surface area contributed by atoms with Crippen molar-refractivity contribution < 1.29 is 17.9 Å². The van der Waals surface area contributed by atoms with Crippen LogP contribution < -0.4 is 0 Å². The maximum atomic E-state index is 12.9. The first-order chi connectivity index (χ1) is 14.0. The van der Waals surface area contributed by atoms with Crippen LogP contribution in [0.2, 0.25) is 0 Å². The minimum atomic E-state index is -3.62. The summed E-state index contributed by atoms with van der Waals surface area (Å²) in [6, 6.07) is 15.5. The van der Waals surface area contributed by atoms with Crippen LogP contribution in [0.4, 0.5) is 0 Å². The van der Waals surface area contributed by atoms with E-state index in [1.165, 1.54) is 28.6 Å². The Balaban J connectivity index is 1.64. The summed E-state index contributed by atoms with van der Waals surface area (Å²) in [6.07, 6.45) is 0. The van der Waals surface area contributed by atoms with Crippen LogP contribution in [0.1, 0.15) is 28.4 Å². The minimum absolute atomic E-state index is 0.161. The Kier molecular flexibility index (Phi) is 6.64. The molecule has 0 aliphatic carbocycles. The number of piperazine rings is 1. The number of ether oxygens (including phenoxy) is 1. The molecular formula is C21H23N3O4S. The number of esters is 1. The number of nitriles is 1. The van der Waals surface area contributed by atoms with Gasteiger partial charge in [-0.1, -0.05) is 18.2 Å². The molecule has 1 fully saturated rings. The first-order valence-corrected chi connectivity index (χ1v) is 10.9. The highest BCUT2D eigenvalue weighted by Crippen LogP contribution is 2.20. The number of carbonyl (C=O) groups is 1. The van der Waals surface area contributed by atoms with E-state index in [0.29, 0.717) is 43.9 Å². The summed E-state index contributed by atoms with van der Waals surface area (Å²) in [5, 5.41) is 9.22. The highest BCUT2D eigenvalue weighted by atomic mass is 32.2. The van der Waals surface area contributed by atoms with Crippen LogP contribution in [0.15, 0.2) is 53.4 Å². The molecule has 3 rings (SSSR count). The predicted molar refractivity (Wildman–Crippen MR) is 108 cm³/mol. The number of benzene rings is 2. The highest BCUT2D eigenvalue weighted by Gasteiger charge is 2.28. The maximum absolute atomic E-state index is 12.9. The van der Waals surface area contributed by atoms with Crippen molar-refractivity contribution in [3.63, 3.8) is 0 Å². The van der Waals surface area contributed by atoms with E-state index in [4.69, 9.17) is 4.74 Å². The SMILES string of the molecule is CCOC(=O)c1ccc(S(=O)(=O)N2CCN(Cc3ccccc3C#N)CC2)cc1. The number of hydrogen-bond acceptors (Lipinski definition) is 6. The molecule has 0 N–H and O–H groups in total. The molecule has 0 atom stereocenters. The van der Waals surface area contributed by atoms with Crippen LogP contribution >= 0.6 is 0 Å². The van der Waals surface area contributed by atoms with Gasteiger partial charge in [-0.25, -0.2) is 13.2 Å². The van der Waals surface area contributed by atoms with Gasteiger partial charge in [0.05, 0.1) is 28.7 Å². The molecule has 0 radical (unpaired) electrons. The van der Waals surface area contributed by atoms with Crippen molar-refractivity contribution in [3.8, 4) is 6.07 Å². The summed E-state index contributed by atoms with van der Waals surface area (Å²) >= 11 is 0. The average Bonchev–Trinajstić information content (AvgIpc) is 2.75. The van der Waals surface area contributed by atoms with Gasteiger partial charge in [-0.05, 0) is 42.8 Å². The molecular weight excluding hydrogens is 390 g/mol. The average molecular weight is 413 g/mol. The Morgan fingerprint density at radius 3 is 2.34 bits per heavy atom. The molecule has 152 valence electrons. The second-order valence-electron chi connectivity index (χ2n) is 6.69. The molecule has 1 aliphatic rings. The summed E-state index contributed by atoms with van der Waals surface area (Å²) < 4.78 is 32.2. The van der Waals surface area contributed by atoms with Crippen LogP contribution in [0.5, 0.6) is 0 Å². The van der Waals surface area contributed by atoms with Crippen molar-refractivity contribution in [1.29, 1.82) is 5.26 Å². The summed E-state index contributed by atoms with van der Waals surface area (Å²) in [6.45, 7) is 4.51. The van der Waals surface area contributed by atoms with Gasteiger partial charge in [-0.2, -0.15) is 9.57 Å². The molecule has 0 bridgehead atoms. The third-order valence-corrected chi connectivity index (χ3v) is 6.78. The Labute approximate surface area is 171 Å². The number of hydrogen-bond donors (Lipinski definition) is 0.